The zero-order valence-corrected chi connectivity index (χ0v) is 36.5. The van der Waals surface area contributed by atoms with Crippen molar-refractivity contribution in [3.05, 3.63) is 93.8 Å². The molecule has 0 radical (unpaired) electrons. The average Bonchev–Trinajstić information content (AvgIpc) is 3.62. The standard InChI is InChI=1S/C47H51Cl2F2N7O5/c1-27(48)46(61)57-20-18-56(19-21-57)44-33-22-35(49)40(42(51)43(33)52-26-53-44)41-36(50)6-3-7-38(41)63-25-29-10-8-28(9-11-29)23-55-16-14-30(15-17-55)31-4-2-5-32-34(31)24-58(47(32)62)37-12-13-39(59)54-45(37)60/h2-7,22,26,28-30,37,47,62H,1,8-21,23-25H2,(H,54,59,60). The van der Waals surface area contributed by atoms with Crippen LogP contribution in [-0.4, -0.2) is 106 Å². The highest BCUT2D eigenvalue weighted by Gasteiger charge is 2.41. The Bertz CT molecular complexity index is 2430. The molecule has 12 nitrogen and oxygen atoms in total. The third-order valence-electron chi connectivity index (χ3n) is 13.9. The van der Waals surface area contributed by atoms with Crippen molar-refractivity contribution in [2.45, 2.75) is 76.1 Å². The Balaban J connectivity index is 0.791. The molecule has 2 N–H and O–H groups in total. The number of carbonyl (C=O) groups is 3. The molecule has 0 spiro atoms. The molecule has 0 bridgehead atoms. The summed E-state index contributed by atoms with van der Waals surface area (Å²) < 4.78 is 38.6. The predicted molar refractivity (Wildman–Crippen MR) is 236 cm³/mol. The molecule has 16 heteroatoms. The largest absolute Gasteiger partial charge is 0.493 e. The Kier molecular flexibility index (Phi) is 12.7. The summed E-state index contributed by atoms with van der Waals surface area (Å²) in [5.41, 5.74) is 3.08. The molecular weight excluding hydrogens is 851 g/mol. The summed E-state index contributed by atoms with van der Waals surface area (Å²) in [6, 6.07) is 11.7. The maximum absolute atomic E-state index is 16.6. The Labute approximate surface area is 375 Å². The number of anilines is 1. The van der Waals surface area contributed by atoms with E-state index in [4.69, 9.17) is 27.9 Å². The van der Waals surface area contributed by atoms with Crippen LogP contribution in [0.4, 0.5) is 14.6 Å². The number of aromatic nitrogens is 2. The van der Waals surface area contributed by atoms with E-state index < -0.39 is 23.9 Å². The highest BCUT2D eigenvalue weighted by molar-refractivity contribution is 6.41. The number of ether oxygens (including phenoxy) is 1. The van der Waals surface area contributed by atoms with Gasteiger partial charge in [0.1, 0.15) is 35.5 Å². The normalized spacial score (nSPS) is 23.8. The molecule has 1 aromatic heterocycles. The minimum absolute atomic E-state index is 0.00516. The number of carbonyl (C=O) groups excluding carboxylic acids is 3. The van der Waals surface area contributed by atoms with Gasteiger partial charge in [0.2, 0.25) is 11.8 Å². The molecular formula is C47H51Cl2F2N7O5. The number of nitrogens with zero attached hydrogens (tertiary/aromatic N) is 6. The average molecular weight is 903 g/mol. The summed E-state index contributed by atoms with van der Waals surface area (Å²) in [5, 5.41) is 14.0. The van der Waals surface area contributed by atoms with Crippen LogP contribution in [0.5, 0.6) is 5.75 Å². The smallest absolute Gasteiger partial charge is 0.264 e. The molecule has 1 saturated carbocycles. The van der Waals surface area contributed by atoms with Crippen LogP contribution in [0.25, 0.3) is 22.0 Å². The number of aliphatic hydroxyl groups is 1. The third-order valence-corrected chi connectivity index (χ3v) is 14.4. The fourth-order valence-electron chi connectivity index (χ4n) is 10.5. The van der Waals surface area contributed by atoms with Crippen LogP contribution in [0.15, 0.2) is 60.4 Å². The first-order chi connectivity index (χ1) is 30.4. The van der Waals surface area contributed by atoms with Crippen molar-refractivity contribution in [3.63, 3.8) is 0 Å². The fraction of sp³-hybridized carbons (Fsp3) is 0.468. The number of likely N-dealkylation sites (tertiary alicyclic amines) is 1. The Morgan fingerprint density at radius 1 is 0.905 bits per heavy atom. The number of nitrogens with one attached hydrogen (secondary N) is 1. The van der Waals surface area contributed by atoms with E-state index in [2.05, 4.69) is 32.8 Å². The Hall–Kier alpha value is -4.73. The number of benzene rings is 3. The molecule has 2 unspecified atom stereocenters. The second-order valence-electron chi connectivity index (χ2n) is 17.6. The molecule has 4 aromatic rings. The van der Waals surface area contributed by atoms with Crippen LogP contribution in [-0.2, 0) is 20.9 Å². The number of fused-ring (bicyclic) bond motifs is 2. The molecule has 2 atom stereocenters. The van der Waals surface area contributed by atoms with E-state index in [1.54, 1.807) is 23.1 Å². The molecule has 4 fully saturated rings. The molecule has 5 heterocycles. The molecule has 332 valence electrons. The number of piperidine rings is 2. The van der Waals surface area contributed by atoms with Gasteiger partial charge in [-0.15, -0.1) is 0 Å². The van der Waals surface area contributed by atoms with E-state index in [1.807, 2.05) is 21.9 Å². The van der Waals surface area contributed by atoms with Crippen molar-refractivity contribution in [2.75, 3.05) is 57.3 Å². The van der Waals surface area contributed by atoms with Crippen LogP contribution in [0.2, 0.25) is 5.02 Å². The maximum atomic E-state index is 16.6. The summed E-state index contributed by atoms with van der Waals surface area (Å²) in [4.78, 5) is 53.3. The molecule has 3 aromatic carbocycles. The molecule has 63 heavy (non-hydrogen) atoms. The van der Waals surface area contributed by atoms with Gasteiger partial charge in [-0.05, 0) is 105 Å². The van der Waals surface area contributed by atoms with Gasteiger partial charge in [0.25, 0.3) is 5.91 Å². The van der Waals surface area contributed by atoms with Crippen molar-refractivity contribution >= 4 is 57.6 Å². The number of rotatable bonds is 10. The minimum atomic E-state index is -0.866. The summed E-state index contributed by atoms with van der Waals surface area (Å²) in [6.45, 7) is 9.02. The number of hydrogen-bond donors (Lipinski definition) is 2. The second kappa shape index (κ2) is 18.4. The van der Waals surface area contributed by atoms with Gasteiger partial charge in [-0.3, -0.25) is 24.6 Å². The number of halogens is 4. The zero-order valence-electron chi connectivity index (χ0n) is 35.0. The highest BCUT2D eigenvalue weighted by Crippen LogP contribution is 2.44. The van der Waals surface area contributed by atoms with Gasteiger partial charge in [0.05, 0.1) is 28.3 Å². The number of aliphatic hydroxyl groups excluding tert-OH is 1. The first kappa shape index (κ1) is 43.5. The third kappa shape index (κ3) is 8.77. The summed E-state index contributed by atoms with van der Waals surface area (Å²) in [5.74, 6) is -0.455. The lowest BCUT2D eigenvalue weighted by atomic mass is 9.81. The number of amides is 3. The predicted octanol–water partition coefficient (Wildman–Crippen LogP) is 7.31. The number of hydrogen-bond acceptors (Lipinski definition) is 10. The summed E-state index contributed by atoms with van der Waals surface area (Å²) >= 11 is 12.6. The van der Waals surface area contributed by atoms with Crippen LogP contribution in [0, 0.1) is 23.5 Å². The van der Waals surface area contributed by atoms with Crippen molar-refractivity contribution in [2.24, 2.45) is 11.8 Å². The van der Waals surface area contributed by atoms with Gasteiger partial charge < -0.3 is 24.5 Å². The van der Waals surface area contributed by atoms with Gasteiger partial charge in [-0.25, -0.2) is 18.7 Å². The van der Waals surface area contributed by atoms with E-state index in [0.717, 1.165) is 69.3 Å². The molecule has 1 aliphatic carbocycles. The summed E-state index contributed by atoms with van der Waals surface area (Å²) in [6.07, 6.45) is 7.20. The van der Waals surface area contributed by atoms with Crippen LogP contribution in [0.1, 0.15) is 80.2 Å². The van der Waals surface area contributed by atoms with E-state index in [-0.39, 0.29) is 62.5 Å². The lowest BCUT2D eigenvalue weighted by molar-refractivity contribution is -0.141. The second-order valence-corrected chi connectivity index (χ2v) is 18.5. The van der Waals surface area contributed by atoms with Crippen LogP contribution in [0.3, 0.4) is 0 Å². The van der Waals surface area contributed by atoms with Gasteiger partial charge in [0, 0.05) is 62.2 Å². The zero-order chi connectivity index (χ0) is 43.9. The highest BCUT2D eigenvalue weighted by atomic mass is 35.5. The van der Waals surface area contributed by atoms with Crippen molar-refractivity contribution < 1.29 is 33.0 Å². The molecule has 3 amide bonds. The first-order valence-corrected chi connectivity index (χ1v) is 22.7. The van der Waals surface area contributed by atoms with E-state index in [9.17, 15) is 19.5 Å². The number of piperazine rings is 1. The van der Waals surface area contributed by atoms with E-state index in [0.29, 0.717) is 68.8 Å². The molecule has 3 saturated heterocycles. The SMILES string of the molecule is C=C(Cl)C(=O)N1CCN(c2ncnc3c(F)c(-c4c(F)cccc4OCC4CCC(CN5CCC(c6cccc7c6CN(C6CCC(=O)NC6=O)C7O)CC5)CC4)c(Cl)cc23)CC1. The van der Waals surface area contributed by atoms with Gasteiger partial charge in [-0.1, -0.05) is 54.0 Å². The molecule has 5 aliphatic rings. The Morgan fingerprint density at radius 3 is 2.35 bits per heavy atom. The maximum Gasteiger partial charge on any atom is 0.264 e. The Morgan fingerprint density at radius 2 is 1.62 bits per heavy atom. The molecule has 9 rings (SSSR count). The monoisotopic (exact) mass is 901 g/mol. The summed E-state index contributed by atoms with van der Waals surface area (Å²) in [7, 11) is 0. The molecule has 4 aliphatic heterocycles. The minimum Gasteiger partial charge on any atom is -0.493 e. The van der Waals surface area contributed by atoms with Gasteiger partial charge in [0.15, 0.2) is 5.82 Å². The van der Waals surface area contributed by atoms with Gasteiger partial charge >= 0.3 is 0 Å². The van der Waals surface area contributed by atoms with Crippen molar-refractivity contribution in [1.82, 2.24) is 30.0 Å². The van der Waals surface area contributed by atoms with Crippen molar-refractivity contribution in [3.8, 4) is 16.9 Å². The van der Waals surface area contributed by atoms with Gasteiger partial charge in [-0.2, -0.15) is 0 Å². The van der Waals surface area contributed by atoms with Crippen LogP contribution < -0.4 is 15.0 Å². The first-order valence-electron chi connectivity index (χ1n) is 22.0. The van der Waals surface area contributed by atoms with Crippen LogP contribution >= 0.6 is 23.2 Å². The fourth-order valence-corrected chi connectivity index (χ4v) is 10.9. The topological polar surface area (TPSA) is 131 Å². The lowest BCUT2D eigenvalue weighted by Crippen LogP contribution is -2.51. The lowest BCUT2D eigenvalue weighted by Gasteiger charge is -2.37. The quantitative estimate of drug-likeness (QED) is 0.124. The van der Waals surface area contributed by atoms with E-state index in [1.165, 1.54) is 18.0 Å². The van der Waals surface area contributed by atoms with Crippen molar-refractivity contribution in [1.29, 1.82) is 0 Å². The van der Waals surface area contributed by atoms with E-state index >= 15 is 8.78 Å². The number of imide groups is 1.